The highest BCUT2D eigenvalue weighted by molar-refractivity contribution is 6.29. The molecule has 20 heavy (non-hydrogen) atoms. The van der Waals surface area contributed by atoms with E-state index in [4.69, 9.17) is 11.6 Å². The summed E-state index contributed by atoms with van der Waals surface area (Å²) in [5.41, 5.74) is 1.16. The fourth-order valence-corrected chi connectivity index (χ4v) is 2.72. The molecule has 1 aromatic heterocycles. The second kappa shape index (κ2) is 7.39. The van der Waals surface area contributed by atoms with Gasteiger partial charge in [-0.15, -0.1) is 0 Å². The summed E-state index contributed by atoms with van der Waals surface area (Å²) in [7, 11) is 0. The van der Waals surface area contributed by atoms with Crippen LogP contribution in [0.3, 0.4) is 0 Å². The van der Waals surface area contributed by atoms with Gasteiger partial charge < -0.3 is 4.79 Å². The summed E-state index contributed by atoms with van der Waals surface area (Å²) in [5.74, 6) is 1.24. The van der Waals surface area contributed by atoms with Gasteiger partial charge in [0.1, 0.15) is 17.5 Å². The van der Waals surface area contributed by atoms with E-state index >= 15 is 0 Å². The minimum Gasteiger partial charge on any atom is -0.303 e. The number of carbonyl (C=O) groups excluding carboxylic acids is 1. The molecule has 1 aliphatic heterocycles. The summed E-state index contributed by atoms with van der Waals surface area (Å²) in [5, 5.41) is 4.12. The first kappa shape index (κ1) is 15.0. The van der Waals surface area contributed by atoms with E-state index in [-0.39, 0.29) is 6.04 Å². The largest absolute Gasteiger partial charge is 0.303 e. The lowest BCUT2D eigenvalue weighted by Crippen LogP contribution is -2.40. The Morgan fingerprint density at radius 3 is 3.05 bits per heavy atom. The standard InChI is InChI=1S/C15H20ClN3O/c1-2-19(9-4-10-20)15-6-3-5-13(18-15)12-7-8-14(16)17-11-12/h7-8,10-11,13H,2-6,9H2,1H3/p+1. The molecule has 1 atom stereocenters. The molecule has 1 aromatic rings. The van der Waals surface area contributed by atoms with Crippen molar-refractivity contribution in [2.24, 2.45) is 0 Å². The number of rotatable bonds is 5. The number of hydrogen-bond acceptors (Lipinski definition) is 2. The van der Waals surface area contributed by atoms with Gasteiger partial charge in [-0.05, 0) is 25.8 Å². The first-order valence-corrected chi connectivity index (χ1v) is 7.54. The minimum absolute atomic E-state index is 0.286. The SMILES string of the molecule is CC[N+](CCC=O)=C1CCCC(c2ccc(Cl)nc2)N1. The van der Waals surface area contributed by atoms with Crippen molar-refractivity contribution in [1.29, 1.82) is 0 Å². The smallest absolute Gasteiger partial charge is 0.245 e. The van der Waals surface area contributed by atoms with Gasteiger partial charge >= 0.3 is 0 Å². The Hall–Kier alpha value is -1.42. The van der Waals surface area contributed by atoms with E-state index in [9.17, 15) is 4.79 Å². The van der Waals surface area contributed by atoms with E-state index in [1.807, 2.05) is 18.3 Å². The van der Waals surface area contributed by atoms with Crippen LogP contribution in [-0.4, -0.2) is 34.8 Å². The van der Waals surface area contributed by atoms with Crippen molar-refractivity contribution in [3.05, 3.63) is 29.0 Å². The number of piperidine rings is 1. The van der Waals surface area contributed by atoms with E-state index < -0.39 is 0 Å². The topological polar surface area (TPSA) is 45.0 Å². The molecule has 108 valence electrons. The van der Waals surface area contributed by atoms with Gasteiger partial charge in [-0.3, -0.25) is 9.89 Å². The number of nitrogens with zero attached hydrogens (tertiary/aromatic N) is 2. The molecule has 0 saturated carbocycles. The number of carbonyl (C=O) groups is 1. The molecule has 0 radical (unpaired) electrons. The molecule has 0 aromatic carbocycles. The number of pyridine rings is 1. The average molecular weight is 295 g/mol. The highest BCUT2D eigenvalue weighted by Gasteiger charge is 2.26. The Morgan fingerprint density at radius 2 is 2.40 bits per heavy atom. The number of amidine groups is 1. The fourth-order valence-electron chi connectivity index (χ4n) is 2.60. The van der Waals surface area contributed by atoms with Gasteiger partial charge in [0.2, 0.25) is 5.84 Å². The lowest BCUT2D eigenvalue weighted by Gasteiger charge is -2.23. The third-order valence-corrected chi connectivity index (χ3v) is 3.90. The zero-order valence-electron chi connectivity index (χ0n) is 11.8. The number of nitrogens with one attached hydrogen (secondary N) is 1. The lowest BCUT2D eigenvalue weighted by atomic mass is 9.98. The molecule has 0 bridgehead atoms. The predicted molar refractivity (Wildman–Crippen MR) is 80.3 cm³/mol. The zero-order chi connectivity index (χ0) is 14.4. The summed E-state index contributed by atoms with van der Waals surface area (Å²) >= 11 is 5.83. The van der Waals surface area contributed by atoms with Crippen LogP contribution >= 0.6 is 11.6 Å². The molecule has 0 aliphatic carbocycles. The van der Waals surface area contributed by atoms with E-state index in [2.05, 4.69) is 21.8 Å². The van der Waals surface area contributed by atoms with Crippen molar-refractivity contribution in [2.45, 2.75) is 38.6 Å². The van der Waals surface area contributed by atoms with Crippen LogP contribution in [0.5, 0.6) is 0 Å². The van der Waals surface area contributed by atoms with Crippen molar-refractivity contribution in [3.63, 3.8) is 0 Å². The number of halogens is 1. The molecule has 1 saturated heterocycles. The van der Waals surface area contributed by atoms with Gasteiger partial charge in [0.05, 0.1) is 13.1 Å². The van der Waals surface area contributed by atoms with Gasteiger partial charge in [-0.2, -0.15) is 0 Å². The maximum absolute atomic E-state index is 10.5. The zero-order valence-corrected chi connectivity index (χ0v) is 12.6. The van der Waals surface area contributed by atoms with Crippen molar-refractivity contribution in [1.82, 2.24) is 10.3 Å². The Balaban J connectivity index is 2.12. The molecule has 1 N–H and O–H groups in total. The molecule has 1 aliphatic rings. The minimum atomic E-state index is 0.286. The van der Waals surface area contributed by atoms with Crippen LogP contribution in [0.2, 0.25) is 5.15 Å². The normalized spacial score (nSPS) is 21.2. The lowest BCUT2D eigenvalue weighted by molar-refractivity contribution is -0.526. The fraction of sp³-hybridized carbons (Fsp3) is 0.533. The number of aromatic nitrogens is 1. The maximum atomic E-state index is 10.5. The Kier molecular flexibility index (Phi) is 5.53. The Morgan fingerprint density at radius 1 is 1.55 bits per heavy atom. The summed E-state index contributed by atoms with van der Waals surface area (Å²) in [6, 6.07) is 4.14. The van der Waals surface area contributed by atoms with Gasteiger partial charge in [0, 0.05) is 24.6 Å². The highest BCUT2D eigenvalue weighted by Crippen LogP contribution is 2.23. The monoisotopic (exact) mass is 294 g/mol. The van der Waals surface area contributed by atoms with Crippen molar-refractivity contribution < 1.29 is 9.37 Å². The molecule has 2 heterocycles. The summed E-state index contributed by atoms with van der Waals surface area (Å²) in [4.78, 5) is 14.7. The second-order valence-electron chi connectivity index (χ2n) is 4.99. The van der Waals surface area contributed by atoms with Crippen LogP contribution < -0.4 is 5.32 Å². The molecular weight excluding hydrogens is 274 g/mol. The van der Waals surface area contributed by atoms with Crippen LogP contribution in [0, 0.1) is 0 Å². The van der Waals surface area contributed by atoms with Crippen LogP contribution in [0.1, 0.15) is 44.2 Å². The molecule has 2 rings (SSSR count). The quantitative estimate of drug-likeness (QED) is 0.516. The summed E-state index contributed by atoms with van der Waals surface area (Å²) in [6.07, 6.45) is 6.68. The average Bonchev–Trinajstić information content (AvgIpc) is 2.49. The molecule has 0 spiro atoms. The van der Waals surface area contributed by atoms with Crippen LogP contribution in [-0.2, 0) is 4.79 Å². The van der Waals surface area contributed by atoms with E-state index in [1.54, 1.807) is 0 Å². The van der Waals surface area contributed by atoms with Gasteiger partial charge in [-0.25, -0.2) is 4.98 Å². The van der Waals surface area contributed by atoms with Crippen LogP contribution in [0.15, 0.2) is 18.3 Å². The van der Waals surface area contributed by atoms with Crippen molar-refractivity contribution in [3.8, 4) is 0 Å². The Labute approximate surface area is 124 Å². The van der Waals surface area contributed by atoms with Gasteiger partial charge in [0.15, 0.2) is 0 Å². The van der Waals surface area contributed by atoms with Crippen molar-refractivity contribution >= 4 is 23.7 Å². The number of aldehydes is 1. The second-order valence-corrected chi connectivity index (χ2v) is 5.37. The Bertz CT molecular complexity index is 484. The van der Waals surface area contributed by atoms with Crippen molar-refractivity contribution in [2.75, 3.05) is 13.1 Å². The van der Waals surface area contributed by atoms with Gasteiger partial charge in [0.25, 0.3) is 0 Å². The first-order valence-electron chi connectivity index (χ1n) is 7.17. The van der Waals surface area contributed by atoms with Gasteiger partial charge in [-0.1, -0.05) is 17.7 Å². The third kappa shape index (κ3) is 3.79. The van der Waals surface area contributed by atoms with E-state index in [0.717, 1.165) is 44.2 Å². The molecule has 0 amide bonds. The molecule has 1 fully saturated rings. The first-order chi connectivity index (χ1) is 9.74. The summed E-state index contributed by atoms with van der Waals surface area (Å²) < 4.78 is 2.25. The highest BCUT2D eigenvalue weighted by atomic mass is 35.5. The predicted octanol–water partition coefficient (Wildman–Crippen LogP) is 2.57. The van der Waals surface area contributed by atoms with Crippen LogP contribution in [0.25, 0.3) is 0 Å². The molecule has 5 heteroatoms. The summed E-state index contributed by atoms with van der Waals surface area (Å²) in [6.45, 7) is 3.82. The molecule has 1 unspecified atom stereocenters. The van der Waals surface area contributed by atoms with Crippen LogP contribution in [0.4, 0.5) is 0 Å². The third-order valence-electron chi connectivity index (χ3n) is 3.68. The molecule has 4 nitrogen and oxygen atoms in total. The van der Waals surface area contributed by atoms with E-state index in [0.29, 0.717) is 11.6 Å². The van der Waals surface area contributed by atoms with E-state index in [1.165, 1.54) is 5.84 Å². The molecular formula is C15H21ClN3O+. The number of hydrogen-bond donors (Lipinski definition) is 1. The maximum Gasteiger partial charge on any atom is 0.245 e.